The van der Waals surface area contributed by atoms with E-state index in [-0.39, 0.29) is 5.91 Å². The standard InChI is InChI=1S/C18H23N3O/c1-3-5-12-19-18(22)15-10-11-17(20-13-15)21-16-9-7-6-8-14(16)4-2/h6-11,13H,3-5,12H2,1-2H3,(H,19,22)(H,20,21). The second kappa shape index (κ2) is 8.17. The lowest BCUT2D eigenvalue weighted by Crippen LogP contribution is -2.24. The van der Waals surface area contributed by atoms with Gasteiger partial charge in [0.05, 0.1) is 5.56 Å². The number of para-hydroxylation sites is 1. The van der Waals surface area contributed by atoms with Crippen LogP contribution in [0.4, 0.5) is 11.5 Å². The average molecular weight is 297 g/mol. The van der Waals surface area contributed by atoms with Gasteiger partial charge < -0.3 is 10.6 Å². The monoisotopic (exact) mass is 297 g/mol. The van der Waals surface area contributed by atoms with Crippen LogP contribution in [0.25, 0.3) is 0 Å². The molecule has 2 aromatic rings. The van der Waals surface area contributed by atoms with Crippen molar-refractivity contribution in [2.24, 2.45) is 0 Å². The number of nitrogens with one attached hydrogen (secondary N) is 2. The molecule has 0 atom stereocenters. The van der Waals surface area contributed by atoms with Crippen molar-refractivity contribution in [3.05, 3.63) is 53.7 Å². The van der Waals surface area contributed by atoms with E-state index in [1.807, 2.05) is 24.3 Å². The van der Waals surface area contributed by atoms with Crippen LogP contribution in [-0.4, -0.2) is 17.4 Å². The highest BCUT2D eigenvalue weighted by Crippen LogP contribution is 2.19. The Morgan fingerprint density at radius 2 is 1.95 bits per heavy atom. The van der Waals surface area contributed by atoms with Gasteiger partial charge in [-0.2, -0.15) is 0 Å². The Bertz CT molecular complexity index is 608. The van der Waals surface area contributed by atoms with Gasteiger partial charge in [-0.1, -0.05) is 38.5 Å². The highest BCUT2D eigenvalue weighted by Gasteiger charge is 2.06. The highest BCUT2D eigenvalue weighted by atomic mass is 16.1. The smallest absolute Gasteiger partial charge is 0.252 e. The topological polar surface area (TPSA) is 54.0 Å². The summed E-state index contributed by atoms with van der Waals surface area (Å²) in [7, 11) is 0. The Labute approximate surface area is 132 Å². The van der Waals surface area contributed by atoms with E-state index in [1.165, 1.54) is 5.56 Å². The second-order valence-corrected chi connectivity index (χ2v) is 5.18. The lowest BCUT2D eigenvalue weighted by atomic mass is 10.1. The number of carbonyl (C=O) groups is 1. The van der Waals surface area contributed by atoms with E-state index in [9.17, 15) is 4.79 Å². The third kappa shape index (κ3) is 4.32. The lowest BCUT2D eigenvalue weighted by Gasteiger charge is -2.10. The highest BCUT2D eigenvalue weighted by molar-refractivity contribution is 5.94. The van der Waals surface area contributed by atoms with Crippen molar-refractivity contribution < 1.29 is 4.79 Å². The number of benzene rings is 1. The number of nitrogens with zero attached hydrogens (tertiary/aromatic N) is 1. The molecule has 116 valence electrons. The van der Waals surface area contributed by atoms with Crippen molar-refractivity contribution in [3.8, 4) is 0 Å². The predicted molar refractivity (Wildman–Crippen MR) is 90.6 cm³/mol. The zero-order chi connectivity index (χ0) is 15.8. The van der Waals surface area contributed by atoms with Crippen LogP contribution >= 0.6 is 0 Å². The molecule has 1 amide bonds. The van der Waals surface area contributed by atoms with Gasteiger partial charge in [0.15, 0.2) is 0 Å². The molecule has 0 fully saturated rings. The second-order valence-electron chi connectivity index (χ2n) is 5.18. The lowest BCUT2D eigenvalue weighted by molar-refractivity contribution is 0.0953. The van der Waals surface area contributed by atoms with Gasteiger partial charge in [0, 0.05) is 18.4 Å². The minimum absolute atomic E-state index is 0.0681. The molecule has 2 rings (SSSR count). The number of aryl methyl sites for hydroxylation is 1. The molecule has 0 bridgehead atoms. The Hall–Kier alpha value is -2.36. The first-order valence-electron chi connectivity index (χ1n) is 7.83. The maximum Gasteiger partial charge on any atom is 0.252 e. The van der Waals surface area contributed by atoms with Gasteiger partial charge in [-0.05, 0) is 36.6 Å². The Kier molecular flexibility index (Phi) is 5.95. The quantitative estimate of drug-likeness (QED) is 0.762. The molecule has 2 N–H and O–H groups in total. The maximum atomic E-state index is 11.9. The van der Waals surface area contributed by atoms with Crippen molar-refractivity contribution in [2.45, 2.75) is 33.1 Å². The number of anilines is 2. The molecule has 0 aliphatic heterocycles. The molecule has 1 heterocycles. The van der Waals surface area contributed by atoms with Gasteiger partial charge in [-0.25, -0.2) is 4.98 Å². The molecule has 4 heteroatoms. The van der Waals surface area contributed by atoms with Crippen LogP contribution in [0.2, 0.25) is 0 Å². The number of rotatable bonds is 7. The molecule has 0 unspecified atom stereocenters. The number of hydrogen-bond donors (Lipinski definition) is 2. The zero-order valence-electron chi connectivity index (χ0n) is 13.2. The van der Waals surface area contributed by atoms with Crippen LogP contribution in [0.5, 0.6) is 0 Å². The van der Waals surface area contributed by atoms with E-state index in [0.717, 1.165) is 30.8 Å². The molecule has 1 aromatic carbocycles. The molecule has 0 spiro atoms. The summed E-state index contributed by atoms with van der Waals surface area (Å²) in [6, 6.07) is 11.8. The van der Waals surface area contributed by atoms with Crippen molar-refractivity contribution in [1.29, 1.82) is 0 Å². The third-order valence-corrected chi connectivity index (χ3v) is 3.50. The van der Waals surface area contributed by atoms with E-state index in [0.29, 0.717) is 12.1 Å². The number of pyridine rings is 1. The summed E-state index contributed by atoms with van der Waals surface area (Å²) in [5, 5.41) is 6.19. The molecular formula is C18H23N3O. The van der Waals surface area contributed by atoms with Crippen LogP contribution in [-0.2, 0) is 6.42 Å². The van der Waals surface area contributed by atoms with Crippen molar-refractivity contribution >= 4 is 17.4 Å². The number of aromatic nitrogens is 1. The molecule has 4 nitrogen and oxygen atoms in total. The van der Waals surface area contributed by atoms with Gasteiger partial charge >= 0.3 is 0 Å². The van der Waals surface area contributed by atoms with Gasteiger partial charge in [0.2, 0.25) is 0 Å². The summed E-state index contributed by atoms with van der Waals surface area (Å²) in [6.07, 6.45) is 4.63. The molecule has 0 aliphatic rings. The fourth-order valence-corrected chi connectivity index (χ4v) is 2.17. The molecule has 1 aromatic heterocycles. The molecule has 0 saturated heterocycles. The number of hydrogen-bond acceptors (Lipinski definition) is 3. The van der Waals surface area contributed by atoms with Crippen LogP contribution in [0.3, 0.4) is 0 Å². The predicted octanol–water partition coefficient (Wildman–Crippen LogP) is 3.92. The first-order valence-corrected chi connectivity index (χ1v) is 7.83. The van der Waals surface area contributed by atoms with E-state index < -0.39 is 0 Å². The van der Waals surface area contributed by atoms with Crippen molar-refractivity contribution in [1.82, 2.24) is 10.3 Å². The first kappa shape index (κ1) is 16.0. The summed E-state index contributed by atoms with van der Waals surface area (Å²) in [4.78, 5) is 16.2. The number of amides is 1. The average Bonchev–Trinajstić information content (AvgIpc) is 2.56. The van der Waals surface area contributed by atoms with Crippen LogP contribution in [0, 0.1) is 0 Å². The van der Waals surface area contributed by atoms with Crippen LogP contribution in [0.1, 0.15) is 42.6 Å². The molecule has 0 radical (unpaired) electrons. The van der Waals surface area contributed by atoms with Gasteiger partial charge in [0.25, 0.3) is 5.91 Å². The Balaban J connectivity index is 2.01. The minimum Gasteiger partial charge on any atom is -0.352 e. The van der Waals surface area contributed by atoms with Crippen LogP contribution in [0.15, 0.2) is 42.6 Å². The van der Waals surface area contributed by atoms with Crippen LogP contribution < -0.4 is 10.6 Å². The maximum absolute atomic E-state index is 11.9. The van der Waals surface area contributed by atoms with E-state index in [1.54, 1.807) is 12.3 Å². The van der Waals surface area contributed by atoms with Crippen molar-refractivity contribution in [3.63, 3.8) is 0 Å². The summed E-state index contributed by atoms with van der Waals surface area (Å²) >= 11 is 0. The largest absolute Gasteiger partial charge is 0.352 e. The van der Waals surface area contributed by atoms with Crippen molar-refractivity contribution in [2.75, 3.05) is 11.9 Å². The number of carbonyl (C=O) groups excluding carboxylic acids is 1. The van der Waals surface area contributed by atoms with E-state index >= 15 is 0 Å². The fourth-order valence-electron chi connectivity index (χ4n) is 2.17. The number of unbranched alkanes of at least 4 members (excludes halogenated alkanes) is 1. The summed E-state index contributed by atoms with van der Waals surface area (Å²) in [5.41, 5.74) is 2.88. The Morgan fingerprint density at radius 1 is 1.14 bits per heavy atom. The zero-order valence-corrected chi connectivity index (χ0v) is 13.2. The third-order valence-electron chi connectivity index (χ3n) is 3.50. The van der Waals surface area contributed by atoms with Gasteiger partial charge in [-0.15, -0.1) is 0 Å². The summed E-state index contributed by atoms with van der Waals surface area (Å²) in [6.45, 7) is 4.93. The molecule has 22 heavy (non-hydrogen) atoms. The molecule has 0 saturated carbocycles. The summed E-state index contributed by atoms with van der Waals surface area (Å²) in [5.74, 6) is 0.674. The first-order chi connectivity index (χ1) is 10.7. The molecular weight excluding hydrogens is 274 g/mol. The molecule has 0 aliphatic carbocycles. The fraction of sp³-hybridized carbons (Fsp3) is 0.333. The van der Waals surface area contributed by atoms with Gasteiger partial charge in [0.1, 0.15) is 5.82 Å². The normalized spacial score (nSPS) is 10.3. The minimum atomic E-state index is -0.0681. The SMILES string of the molecule is CCCCNC(=O)c1ccc(Nc2ccccc2CC)nc1. The summed E-state index contributed by atoms with van der Waals surface area (Å²) < 4.78 is 0. The Morgan fingerprint density at radius 3 is 2.64 bits per heavy atom. The van der Waals surface area contributed by atoms with E-state index in [4.69, 9.17) is 0 Å². The van der Waals surface area contributed by atoms with Gasteiger partial charge in [-0.3, -0.25) is 4.79 Å². The van der Waals surface area contributed by atoms with E-state index in [2.05, 4.69) is 35.5 Å².